The van der Waals surface area contributed by atoms with Crippen LogP contribution < -0.4 is 16.0 Å². The summed E-state index contributed by atoms with van der Waals surface area (Å²) in [6.45, 7) is 22.5. The van der Waals surface area contributed by atoms with Crippen molar-refractivity contribution in [3.8, 4) is 0 Å². The van der Waals surface area contributed by atoms with E-state index in [1.807, 2.05) is 46.4 Å². The lowest BCUT2D eigenvalue weighted by Crippen LogP contribution is -2.57. The highest BCUT2D eigenvalue weighted by molar-refractivity contribution is 5.92. The number of carbonyl (C=O) groups is 9. The quantitative estimate of drug-likeness (QED) is 0.0223. The topological polar surface area (TPSA) is 230 Å². The van der Waals surface area contributed by atoms with Crippen molar-refractivity contribution in [3.63, 3.8) is 0 Å². The number of hydrogen-bond acceptors (Lipinski definition) is 13. The van der Waals surface area contributed by atoms with Crippen molar-refractivity contribution in [2.75, 3.05) is 78.7 Å². The molecule has 106 heavy (non-hydrogen) atoms. The maximum absolute atomic E-state index is 15.0. The number of allylic oxidation sites excluding steroid dienone is 12. The van der Waals surface area contributed by atoms with Crippen molar-refractivity contribution < 1.29 is 57.4 Å². The minimum Gasteiger partial charge on any atom is -0.465 e. The summed E-state index contributed by atoms with van der Waals surface area (Å²) in [6, 6.07) is -3.02. The number of nitrogens with one attached hydrogen (secondary N) is 3. The van der Waals surface area contributed by atoms with E-state index in [2.05, 4.69) is 110 Å². The number of hydrogen-bond donors (Lipinski definition) is 3. The maximum atomic E-state index is 15.0. The van der Waals surface area contributed by atoms with Crippen LogP contribution in [0.15, 0.2) is 72.9 Å². The molecule has 19 heteroatoms. The number of nitrogens with zero attached hydrogens (tertiary/aromatic N) is 4. The average molecular weight is 1490 g/mol. The molecule has 19 nitrogen and oxygen atoms in total. The lowest BCUT2D eigenvalue weighted by molar-refractivity contribution is -0.146. The number of ether oxygens (including phenoxy) is 3. The van der Waals surface area contributed by atoms with Crippen molar-refractivity contribution >= 4 is 53.4 Å². The van der Waals surface area contributed by atoms with Gasteiger partial charge in [-0.25, -0.2) is 0 Å². The standard InChI is InChI=1S/C87H153N7O12/c1-13-19-22-25-28-31-34-37-40-43-46-49-52-55-58-61-76(95)92(82(73(7)8)85(101)88-70-79(98)104-16-4)67-64-91(65-68-93(83(74(9)10)86(102)89-71-80(99)105-17-5)77(96)62-59-56-53-50-47-44-41-38-35-32-29-26-23-20-14-2)66-69-94(84(75(11)12)87(103)90-72-81(100)106-18-6)78(97)63-60-57-54-51-48-45-42-39-36-33-30-27-24-21-15-3/h28-33,37-42,73-75,82-84H,13-27,34-36,43-72H2,1-12H3,(H,88,101)(H,89,102)(H,90,103)/b31-28-,32-29-,33-30-,40-37-,41-38-,42-39-. The Hall–Kier alpha value is -6.37. The monoisotopic (exact) mass is 1490 g/mol. The first-order valence-electron chi connectivity index (χ1n) is 42.1. The Morgan fingerprint density at radius 1 is 0.283 bits per heavy atom. The van der Waals surface area contributed by atoms with E-state index in [1.165, 1.54) is 57.8 Å². The summed E-state index contributed by atoms with van der Waals surface area (Å²) < 4.78 is 15.5. The van der Waals surface area contributed by atoms with Gasteiger partial charge < -0.3 is 44.9 Å². The van der Waals surface area contributed by atoms with Gasteiger partial charge in [0.05, 0.1) is 19.8 Å². The molecule has 0 saturated heterocycles. The van der Waals surface area contributed by atoms with E-state index in [-0.39, 0.29) is 116 Å². The number of carbonyl (C=O) groups excluding carboxylic acids is 9. The predicted molar refractivity (Wildman–Crippen MR) is 434 cm³/mol. The highest BCUT2D eigenvalue weighted by Crippen LogP contribution is 2.22. The van der Waals surface area contributed by atoms with Crippen LogP contribution in [0.1, 0.15) is 314 Å². The molecule has 0 bridgehead atoms. The van der Waals surface area contributed by atoms with Gasteiger partial charge in [-0.05, 0) is 154 Å². The second-order valence-electron chi connectivity index (χ2n) is 29.2. The van der Waals surface area contributed by atoms with E-state index in [0.29, 0.717) is 19.3 Å². The molecule has 0 aromatic heterocycles. The fourth-order valence-electron chi connectivity index (χ4n) is 12.9. The van der Waals surface area contributed by atoms with E-state index in [9.17, 15) is 43.2 Å². The molecule has 0 aliphatic rings. The lowest BCUT2D eigenvalue weighted by atomic mass is 9.99. The number of unbranched alkanes of at least 4 members (excludes halogenated alkanes) is 24. The molecule has 0 aromatic carbocycles. The third-order valence-corrected chi connectivity index (χ3v) is 18.8. The van der Waals surface area contributed by atoms with E-state index >= 15 is 0 Å². The predicted octanol–water partition coefficient (Wildman–Crippen LogP) is 17.3. The fraction of sp³-hybridized carbons (Fsp3) is 0.759. The zero-order valence-electron chi connectivity index (χ0n) is 69.0. The van der Waals surface area contributed by atoms with Crippen LogP contribution in [0.3, 0.4) is 0 Å². The molecule has 0 fully saturated rings. The highest BCUT2D eigenvalue weighted by atomic mass is 16.5. The van der Waals surface area contributed by atoms with Crippen LogP contribution in [0.25, 0.3) is 0 Å². The molecular weight excluding hydrogens is 1330 g/mol. The summed E-state index contributed by atoms with van der Waals surface area (Å²) in [7, 11) is 0. The van der Waals surface area contributed by atoms with E-state index in [1.54, 1.807) is 35.5 Å². The molecule has 0 radical (unpaired) electrons. The summed E-state index contributed by atoms with van der Waals surface area (Å²) in [5.41, 5.74) is 0. The van der Waals surface area contributed by atoms with Gasteiger partial charge in [0.15, 0.2) is 0 Å². The summed E-state index contributed by atoms with van der Waals surface area (Å²) in [5, 5.41) is 8.25. The van der Waals surface area contributed by atoms with Gasteiger partial charge in [0.1, 0.15) is 37.8 Å². The molecule has 0 aromatic rings. The van der Waals surface area contributed by atoms with Crippen molar-refractivity contribution in [1.29, 1.82) is 0 Å². The van der Waals surface area contributed by atoms with Crippen LogP contribution in [0, 0.1) is 17.8 Å². The minimum absolute atomic E-state index is 0.0237. The Morgan fingerprint density at radius 2 is 0.500 bits per heavy atom. The molecule has 3 N–H and O–H groups in total. The number of esters is 3. The van der Waals surface area contributed by atoms with Gasteiger partial charge >= 0.3 is 17.9 Å². The van der Waals surface area contributed by atoms with Gasteiger partial charge in [0.2, 0.25) is 35.4 Å². The molecule has 608 valence electrons. The molecule has 0 heterocycles. The first-order valence-corrected chi connectivity index (χ1v) is 42.1. The molecule has 0 aliphatic carbocycles. The largest absolute Gasteiger partial charge is 0.465 e. The van der Waals surface area contributed by atoms with Crippen molar-refractivity contribution in [2.24, 2.45) is 17.8 Å². The van der Waals surface area contributed by atoms with Gasteiger partial charge in [0.25, 0.3) is 0 Å². The smallest absolute Gasteiger partial charge is 0.325 e. The Balaban J connectivity index is 7.62. The SMILES string of the molecule is CCCCC/C=C\C/C=C\CCCCCCCC(=O)N(CCN(CCN(C(=O)CCCCCCC/C=C\C/C=C\CCCCC)C(C(=O)NCC(=O)OCC)C(C)C)CCN(C(=O)CCCCCCC/C=C\C/C=C\CCCCC)C(C(=O)NCC(=O)OCC)C(C)C)C(C(=O)NCC(=O)OCC)C(C)C. The zero-order valence-corrected chi connectivity index (χ0v) is 69.0. The summed E-state index contributed by atoms with van der Waals surface area (Å²) in [4.78, 5) is 133. The highest BCUT2D eigenvalue weighted by Gasteiger charge is 2.37. The van der Waals surface area contributed by atoms with E-state index in [0.717, 1.165) is 135 Å². The van der Waals surface area contributed by atoms with Crippen LogP contribution in [-0.2, 0) is 57.4 Å². The fourth-order valence-corrected chi connectivity index (χ4v) is 12.9. The van der Waals surface area contributed by atoms with Gasteiger partial charge in [0, 0.05) is 58.5 Å². The second kappa shape index (κ2) is 69.1. The molecule has 0 saturated carbocycles. The van der Waals surface area contributed by atoms with Crippen LogP contribution in [-0.4, -0.2) is 170 Å². The van der Waals surface area contributed by atoms with Gasteiger partial charge in [-0.1, -0.05) is 232 Å². The summed E-state index contributed by atoms with van der Waals surface area (Å²) >= 11 is 0. The Kier molecular flexibility index (Phi) is 65.0. The lowest BCUT2D eigenvalue weighted by Gasteiger charge is -2.39. The second-order valence-corrected chi connectivity index (χ2v) is 29.2. The van der Waals surface area contributed by atoms with Crippen molar-refractivity contribution in [3.05, 3.63) is 72.9 Å². The zero-order chi connectivity index (χ0) is 78.6. The normalized spacial score (nSPS) is 12.8. The minimum atomic E-state index is -1.01. The van der Waals surface area contributed by atoms with E-state index < -0.39 is 71.5 Å². The van der Waals surface area contributed by atoms with Crippen molar-refractivity contribution in [1.82, 2.24) is 35.6 Å². The number of amides is 6. The van der Waals surface area contributed by atoms with Crippen LogP contribution in [0.4, 0.5) is 0 Å². The third-order valence-electron chi connectivity index (χ3n) is 18.8. The molecule has 0 rings (SSSR count). The van der Waals surface area contributed by atoms with Gasteiger partial charge in [-0.2, -0.15) is 0 Å². The maximum Gasteiger partial charge on any atom is 0.325 e. The average Bonchev–Trinajstić information content (AvgIpc) is 0.849. The molecular formula is C87H153N7O12. The number of rotatable bonds is 69. The third kappa shape index (κ3) is 52.6. The van der Waals surface area contributed by atoms with Crippen LogP contribution in [0.5, 0.6) is 0 Å². The molecule has 3 atom stereocenters. The summed E-state index contributed by atoms with van der Waals surface area (Å²) in [6.07, 6.45) is 60.7. The van der Waals surface area contributed by atoms with E-state index in [4.69, 9.17) is 14.2 Å². The molecule has 6 amide bonds. The Labute approximate surface area is 644 Å². The molecule has 3 unspecified atom stereocenters. The van der Waals surface area contributed by atoms with Crippen LogP contribution >= 0.6 is 0 Å². The van der Waals surface area contributed by atoms with Gasteiger partial charge in [-0.3, -0.25) is 48.1 Å². The molecule has 0 aliphatic heterocycles. The van der Waals surface area contributed by atoms with Crippen LogP contribution in [0.2, 0.25) is 0 Å². The first-order chi connectivity index (χ1) is 51.3. The first kappa shape index (κ1) is 99.6. The van der Waals surface area contributed by atoms with Crippen molar-refractivity contribution in [2.45, 2.75) is 332 Å². The molecule has 0 spiro atoms. The Bertz CT molecular complexity index is 2240. The summed E-state index contributed by atoms with van der Waals surface area (Å²) in [5.74, 6) is -5.32. The van der Waals surface area contributed by atoms with Gasteiger partial charge in [-0.15, -0.1) is 0 Å². The Morgan fingerprint density at radius 3 is 0.717 bits per heavy atom.